The molecule has 3 aromatic rings. The number of rotatable bonds is 6. The molecule has 0 amide bonds. The smallest absolute Gasteiger partial charge is 0.265 e. The normalized spacial score (nSPS) is 16.8. The van der Waals surface area contributed by atoms with Crippen molar-refractivity contribution in [2.24, 2.45) is 0 Å². The molecule has 1 atom stereocenters. The van der Waals surface area contributed by atoms with Gasteiger partial charge in [0.1, 0.15) is 5.65 Å². The van der Waals surface area contributed by atoms with Gasteiger partial charge in [0.05, 0.1) is 11.3 Å². The summed E-state index contributed by atoms with van der Waals surface area (Å²) < 4.78 is 1.65. The van der Waals surface area contributed by atoms with Crippen molar-refractivity contribution in [3.63, 3.8) is 0 Å². The van der Waals surface area contributed by atoms with E-state index in [4.69, 9.17) is 4.98 Å². The third kappa shape index (κ3) is 4.06. The standard InChI is InChI=1S/C24H30N4O/c1-3-4-9-21-23(24(29)28-16-6-5-10-22(28)26-21)18-11-13-19(14-12-18)27(2)20-8-7-15-25-17-20/h5-6,10-14,16,20,25H,3-4,7-9,15,17H2,1-2H3. The number of pyridine rings is 1. The largest absolute Gasteiger partial charge is 0.370 e. The number of fused-ring (bicyclic) bond motifs is 1. The molecule has 4 rings (SSSR count). The van der Waals surface area contributed by atoms with Gasteiger partial charge in [-0.1, -0.05) is 31.5 Å². The molecule has 0 radical (unpaired) electrons. The summed E-state index contributed by atoms with van der Waals surface area (Å²) in [5.41, 5.74) is 4.50. The first-order valence-corrected chi connectivity index (χ1v) is 10.7. The third-order valence-electron chi connectivity index (χ3n) is 5.96. The monoisotopic (exact) mass is 390 g/mol. The number of hydrogen-bond acceptors (Lipinski definition) is 4. The molecule has 152 valence electrons. The molecule has 0 saturated carbocycles. The van der Waals surface area contributed by atoms with Crippen molar-refractivity contribution < 1.29 is 0 Å². The lowest BCUT2D eigenvalue weighted by Gasteiger charge is -2.33. The molecule has 1 N–H and O–H groups in total. The van der Waals surface area contributed by atoms with Gasteiger partial charge in [0.2, 0.25) is 0 Å². The molecule has 1 unspecified atom stereocenters. The van der Waals surface area contributed by atoms with Crippen molar-refractivity contribution in [3.05, 3.63) is 64.7 Å². The second kappa shape index (κ2) is 8.78. The molecular formula is C24H30N4O. The highest BCUT2D eigenvalue weighted by molar-refractivity contribution is 5.69. The number of nitrogens with one attached hydrogen (secondary N) is 1. The van der Waals surface area contributed by atoms with Crippen LogP contribution in [0.5, 0.6) is 0 Å². The number of benzene rings is 1. The van der Waals surface area contributed by atoms with Crippen LogP contribution in [0, 0.1) is 0 Å². The van der Waals surface area contributed by atoms with Crippen LogP contribution in [0.2, 0.25) is 0 Å². The van der Waals surface area contributed by atoms with Crippen molar-refractivity contribution >= 4 is 11.3 Å². The number of aromatic nitrogens is 2. The van der Waals surface area contributed by atoms with Crippen LogP contribution in [0.1, 0.15) is 38.3 Å². The van der Waals surface area contributed by atoms with E-state index in [-0.39, 0.29) is 5.56 Å². The highest BCUT2D eigenvalue weighted by atomic mass is 16.1. The lowest BCUT2D eigenvalue weighted by atomic mass is 10.0. The first-order valence-electron chi connectivity index (χ1n) is 10.7. The summed E-state index contributed by atoms with van der Waals surface area (Å²) in [7, 11) is 2.16. The van der Waals surface area contributed by atoms with Gasteiger partial charge in [0.15, 0.2) is 0 Å². The number of anilines is 1. The van der Waals surface area contributed by atoms with Crippen LogP contribution < -0.4 is 15.8 Å². The summed E-state index contributed by atoms with van der Waals surface area (Å²) in [6.45, 7) is 4.30. The number of hydrogen-bond donors (Lipinski definition) is 1. The molecule has 2 aromatic heterocycles. The van der Waals surface area contributed by atoms with Crippen molar-refractivity contribution in [2.75, 3.05) is 25.0 Å². The Hall–Kier alpha value is -2.66. The molecule has 0 spiro atoms. The molecule has 1 saturated heterocycles. The number of likely N-dealkylation sites (N-methyl/N-ethyl adjacent to an activating group) is 1. The van der Waals surface area contributed by atoms with Crippen LogP contribution >= 0.6 is 0 Å². The molecule has 0 bridgehead atoms. The molecule has 0 aliphatic carbocycles. The van der Waals surface area contributed by atoms with Gasteiger partial charge in [-0.3, -0.25) is 9.20 Å². The van der Waals surface area contributed by atoms with E-state index < -0.39 is 0 Å². The Bertz CT molecular complexity index is 1020. The maximum absolute atomic E-state index is 13.3. The molecule has 5 heteroatoms. The van der Waals surface area contributed by atoms with Crippen LogP contribution in [0.4, 0.5) is 5.69 Å². The second-order valence-electron chi connectivity index (χ2n) is 7.93. The first-order chi connectivity index (χ1) is 14.2. The quantitative estimate of drug-likeness (QED) is 0.694. The van der Waals surface area contributed by atoms with E-state index in [0.29, 0.717) is 11.7 Å². The Labute approximate surface area is 172 Å². The third-order valence-corrected chi connectivity index (χ3v) is 5.96. The topological polar surface area (TPSA) is 49.6 Å². The fourth-order valence-corrected chi connectivity index (χ4v) is 4.19. The van der Waals surface area contributed by atoms with E-state index in [1.54, 1.807) is 10.6 Å². The molecule has 1 aliphatic rings. The lowest BCUT2D eigenvalue weighted by molar-refractivity contribution is 0.445. The fraction of sp³-hybridized carbons (Fsp3) is 0.417. The van der Waals surface area contributed by atoms with E-state index in [1.807, 2.05) is 18.2 Å². The number of unbranched alkanes of at least 4 members (excludes halogenated alkanes) is 1. The zero-order chi connectivity index (χ0) is 20.2. The summed E-state index contributed by atoms with van der Waals surface area (Å²) in [5, 5.41) is 3.48. The summed E-state index contributed by atoms with van der Waals surface area (Å²) >= 11 is 0. The zero-order valence-corrected chi connectivity index (χ0v) is 17.4. The van der Waals surface area contributed by atoms with Gasteiger partial charge in [0, 0.05) is 31.5 Å². The Morgan fingerprint density at radius 3 is 2.76 bits per heavy atom. The lowest BCUT2D eigenvalue weighted by Crippen LogP contribution is -2.44. The van der Waals surface area contributed by atoms with Crippen LogP contribution in [0.3, 0.4) is 0 Å². The van der Waals surface area contributed by atoms with E-state index in [0.717, 1.165) is 49.2 Å². The maximum Gasteiger partial charge on any atom is 0.265 e. The van der Waals surface area contributed by atoms with Gasteiger partial charge in [-0.25, -0.2) is 4.98 Å². The molecule has 1 aromatic carbocycles. The van der Waals surface area contributed by atoms with Crippen LogP contribution in [0.15, 0.2) is 53.5 Å². The van der Waals surface area contributed by atoms with Crippen LogP contribution in [-0.2, 0) is 6.42 Å². The van der Waals surface area contributed by atoms with E-state index in [9.17, 15) is 4.79 Å². The minimum atomic E-state index is 0.0132. The molecule has 3 heterocycles. The van der Waals surface area contributed by atoms with Gasteiger partial charge in [-0.05, 0) is 62.1 Å². The van der Waals surface area contributed by atoms with Gasteiger partial charge in [0.25, 0.3) is 5.56 Å². The average Bonchev–Trinajstić information content (AvgIpc) is 2.78. The van der Waals surface area contributed by atoms with Crippen molar-refractivity contribution in [2.45, 2.75) is 45.1 Å². The molecule has 1 aliphatic heterocycles. The summed E-state index contributed by atoms with van der Waals surface area (Å²) in [6.07, 6.45) is 7.15. The van der Waals surface area contributed by atoms with Gasteiger partial charge in [-0.2, -0.15) is 0 Å². The Balaban J connectivity index is 1.71. The van der Waals surface area contributed by atoms with Gasteiger partial charge < -0.3 is 10.2 Å². The molecular weight excluding hydrogens is 360 g/mol. The van der Waals surface area contributed by atoms with E-state index in [2.05, 4.69) is 48.5 Å². The number of piperidine rings is 1. The minimum Gasteiger partial charge on any atom is -0.370 e. The molecule has 29 heavy (non-hydrogen) atoms. The van der Waals surface area contributed by atoms with E-state index >= 15 is 0 Å². The van der Waals surface area contributed by atoms with Crippen molar-refractivity contribution in [1.82, 2.24) is 14.7 Å². The summed E-state index contributed by atoms with van der Waals surface area (Å²) in [4.78, 5) is 20.5. The number of aryl methyl sites for hydroxylation is 1. The highest BCUT2D eigenvalue weighted by Crippen LogP contribution is 2.26. The van der Waals surface area contributed by atoms with Gasteiger partial charge in [-0.15, -0.1) is 0 Å². The Morgan fingerprint density at radius 1 is 1.21 bits per heavy atom. The molecule has 1 fully saturated rings. The Morgan fingerprint density at radius 2 is 2.03 bits per heavy atom. The maximum atomic E-state index is 13.3. The number of nitrogens with zero attached hydrogens (tertiary/aromatic N) is 3. The SMILES string of the molecule is CCCCc1nc2ccccn2c(=O)c1-c1ccc(N(C)C2CCCNC2)cc1. The predicted octanol–water partition coefficient (Wildman–Crippen LogP) is 3.89. The predicted molar refractivity (Wildman–Crippen MR) is 120 cm³/mol. The minimum absolute atomic E-state index is 0.0132. The molecule has 5 nitrogen and oxygen atoms in total. The zero-order valence-electron chi connectivity index (χ0n) is 17.4. The first kappa shape index (κ1) is 19.6. The van der Waals surface area contributed by atoms with Gasteiger partial charge >= 0.3 is 0 Å². The van der Waals surface area contributed by atoms with Crippen LogP contribution in [0.25, 0.3) is 16.8 Å². The van der Waals surface area contributed by atoms with Crippen molar-refractivity contribution in [1.29, 1.82) is 0 Å². The van der Waals surface area contributed by atoms with Crippen LogP contribution in [-0.4, -0.2) is 35.6 Å². The summed E-state index contributed by atoms with van der Waals surface area (Å²) in [5.74, 6) is 0. The van der Waals surface area contributed by atoms with Crippen molar-refractivity contribution in [3.8, 4) is 11.1 Å². The van der Waals surface area contributed by atoms with E-state index in [1.165, 1.54) is 18.5 Å². The highest BCUT2D eigenvalue weighted by Gasteiger charge is 2.19. The summed E-state index contributed by atoms with van der Waals surface area (Å²) in [6, 6.07) is 14.6. The second-order valence-corrected chi connectivity index (χ2v) is 7.93. The average molecular weight is 391 g/mol. The fourth-order valence-electron chi connectivity index (χ4n) is 4.19. The Kier molecular flexibility index (Phi) is 5.95.